The maximum atomic E-state index is 5.71. The molecule has 3 rings (SSSR count). The summed E-state index contributed by atoms with van der Waals surface area (Å²) in [5.41, 5.74) is 0.0642. The molecule has 0 bridgehead atoms. The number of nitrogens with zero attached hydrogens (tertiary/aromatic N) is 2. The fourth-order valence-corrected chi connectivity index (χ4v) is 3.93. The summed E-state index contributed by atoms with van der Waals surface area (Å²) in [4.78, 5) is 7.06. The zero-order chi connectivity index (χ0) is 16.0. The number of methoxy groups -OCH3 is 1. The highest BCUT2D eigenvalue weighted by Crippen LogP contribution is 2.51. The van der Waals surface area contributed by atoms with Gasteiger partial charge < -0.3 is 15.4 Å². The Morgan fingerprint density at radius 2 is 1.87 bits per heavy atom. The van der Waals surface area contributed by atoms with Crippen molar-refractivity contribution in [1.29, 1.82) is 0 Å². The summed E-state index contributed by atoms with van der Waals surface area (Å²) >= 11 is 0. The molecule has 2 saturated carbocycles. The highest BCUT2D eigenvalue weighted by Gasteiger charge is 2.58. The first-order chi connectivity index (χ1) is 10.4. The minimum absolute atomic E-state index is 0. The van der Waals surface area contributed by atoms with Gasteiger partial charge in [-0.25, -0.2) is 0 Å². The Kier molecular flexibility index (Phi) is 5.89. The number of nitrogens with one attached hydrogen (secondary N) is 2. The van der Waals surface area contributed by atoms with Gasteiger partial charge in [0.2, 0.25) is 0 Å². The number of rotatable bonds is 4. The van der Waals surface area contributed by atoms with Crippen molar-refractivity contribution in [3.8, 4) is 0 Å². The molecule has 5 nitrogen and oxygen atoms in total. The van der Waals surface area contributed by atoms with Gasteiger partial charge in [0.25, 0.3) is 0 Å². The zero-order valence-corrected chi connectivity index (χ0v) is 17.5. The summed E-state index contributed by atoms with van der Waals surface area (Å²) in [7, 11) is 3.68. The molecule has 134 valence electrons. The molecule has 1 heterocycles. The number of halogens is 1. The summed E-state index contributed by atoms with van der Waals surface area (Å²) in [6.07, 6.45) is 5.04. The number of ether oxygens (including phenoxy) is 1. The molecule has 3 aliphatic rings. The van der Waals surface area contributed by atoms with Crippen LogP contribution in [0.15, 0.2) is 4.99 Å². The SMILES string of the molecule is CN=C(NC1CCN(C2CC2)C1)NC1CC(C)(OC)C1(C)C.I. The lowest BCUT2D eigenvalue weighted by molar-refractivity contribution is -0.176. The monoisotopic (exact) mass is 436 g/mol. The molecule has 0 aromatic rings. The third kappa shape index (κ3) is 3.63. The molecular weight excluding hydrogens is 403 g/mol. The van der Waals surface area contributed by atoms with Gasteiger partial charge in [-0.2, -0.15) is 0 Å². The Hall–Kier alpha value is -0.0800. The highest BCUT2D eigenvalue weighted by atomic mass is 127. The first kappa shape index (κ1) is 19.2. The standard InChI is InChI=1S/C17H32N4O.HI/c1-16(2)14(10-17(16,3)22-5)20-15(18-4)19-12-8-9-21(11-12)13-6-7-13;/h12-14H,6-11H2,1-5H3,(H2,18,19,20);1H. The Labute approximate surface area is 158 Å². The summed E-state index contributed by atoms with van der Waals surface area (Å²) in [6, 6.07) is 1.81. The van der Waals surface area contributed by atoms with Crippen molar-refractivity contribution >= 4 is 29.9 Å². The lowest BCUT2D eigenvalue weighted by atomic mass is 9.56. The number of aliphatic imine (C=N–C) groups is 1. The van der Waals surface area contributed by atoms with E-state index in [0.29, 0.717) is 12.1 Å². The van der Waals surface area contributed by atoms with Crippen LogP contribution in [0.2, 0.25) is 0 Å². The van der Waals surface area contributed by atoms with Crippen LogP contribution < -0.4 is 10.6 Å². The van der Waals surface area contributed by atoms with Crippen molar-refractivity contribution in [3.63, 3.8) is 0 Å². The molecule has 3 unspecified atom stereocenters. The second kappa shape index (κ2) is 7.04. The van der Waals surface area contributed by atoms with E-state index in [1.165, 1.54) is 25.8 Å². The molecule has 23 heavy (non-hydrogen) atoms. The molecule has 3 fully saturated rings. The van der Waals surface area contributed by atoms with Gasteiger partial charge in [-0.05, 0) is 32.6 Å². The molecule has 1 aliphatic heterocycles. The average molecular weight is 436 g/mol. The second-order valence-corrected chi connectivity index (χ2v) is 7.99. The van der Waals surface area contributed by atoms with E-state index >= 15 is 0 Å². The van der Waals surface area contributed by atoms with Crippen molar-refractivity contribution in [2.75, 3.05) is 27.2 Å². The third-order valence-corrected chi connectivity index (χ3v) is 6.44. The predicted octanol–water partition coefficient (Wildman–Crippen LogP) is 2.21. The van der Waals surface area contributed by atoms with Crippen LogP contribution in [-0.4, -0.2) is 61.8 Å². The van der Waals surface area contributed by atoms with Gasteiger partial charge in [0, 0.05) is 50.8 Å². The van der Waals surface area contributed by atoms with E-state index in [9.17, 15) is 0 Å². The van der Waals surface area contributed by atoms with E-state index in [1.807, 2.05) is 14.2 Å². The fourth-order valence-electron chi connectivity index (χ4n) is 3.93. The van der Waals surface area contributed by atoms with Crippen LogP contribution in [0, 0.1) is 5.41 Å². The van der Waals surface area contributed by atoms with Crippen LogP contribution >= 0.6 is 24.0 Å². The normalized spacial score (nSPS) is 37.0. The smallest absolute Gasteiger partial charge is 0.191 e. The molecule has 1 saturated heterocycles. The minimum Gasteiger partial charge on any atom is -0.378 e. The largest absolute Gasteiger partial charge is 0.378 e. The van der Waals surface area contributed by atoms with E-state index in [4.69, 9.17) is 4.74 Å². The lowest BCUT2D eigenvalue weighted by Gasteiger charge is -2.59. The molecule has 0 aromatic heterocycles. The van der Waals surface area contributed by atoms with E-state index in [-0.39, 0.29) is 35.0 Å². The number of hydrogen-bond acceptors (Lipinski definition) is 3. The van der Waals surface area contributed by atoms with Crippen LogP contribution in [0.1, 0.15) is 46.5 Å². The lowest BCUT2D eigenvalue weighted by Crippen LogP contribution is -2.69. The third-order valence-electron chi connectivity index (χ3n) is 6.44. The van der Waals surface area contributed by atoms with Gasteiger partial charge in [0.15, 0.2) is 5.96 Å². The summed E-state index contributed by atoms with van der Waals surface area (Å²) in [6.45, 7) is 9.14. The molecule has 0 radical (unpaired) electrons. The van der Waals surface area contributed by atoms with Gasteiger partial charge in [0.05, 0.1) is 5.60 Å². The maximum Gasteiger partial charge on any atom is 0.191 e. The average Bonchev–Trinajstić information content (AvgIpc) is 3.25. The minimum atomic E-state index is -0.0420. The van der Waals surface area contributed by atoms with Crippen molar-refractivity contribution < 1.29 is 4.74 Å². The number of hydrogen-bond donors (Lipinski definition) is 2. The number of guanidine groups is 1. The van der Waals surface area contributed by atoms with Crippen molar-refractivity contribution in [3.05, 3.63) is 0 Å². The molecule has 0 amide bonds. The van der Waals surface area contributed by atoms with Gasteiger partial charge in [-0.3, -0.25) is 9.89 Å². The maximum absolute atomic E-state index is 5.71. The van der Waals surface area contributed by atoms with Crippen LogP contribution in [0.5, 0.6) is 0 Å². The second-order valence-electron chi connectivity index (χ2n) is 7.99. The molecular formula is C17H33IN4O. The van der Waals surface area contributed by atoms with Crippen LogP contribution in [0.4, 0.5) is 0 Å². The van der Waals surface area contributed by atoms with E-state index in [0.717, 1.165) is 25.0 Å². The van der Waals surface area contributed by atoms with Crippen LogP contribution in [0.25, 0.3) is 0 Å². The summed E-state index contributed by atoms with van der Waals surface area (Å²) < 4.78 is 5.71. The topological polar surface area (TPSA) is 48.9 Å². The Balaban J connectivity index is 0.00000192. The van der Waals surface area contributed by atoms with Crippen molar-refractivity contribution in [2.24, 2.45) is 10.4 Å². The molecule has 0 spiro atoms. The van der Waals surface area contributed by atoms with Gasteiger partial charge in [0.1, 0.15) is 0 Å². The molecule has 3 atom stereocenters. The molecule has 2 aliphatic carbocycles. The number of likely N-dealkylation sites (tertiary alicyclic amines) is 1. The molecule has 6 heteroatoms. The Morgan fingerprint density at radius 1 is 1.17 bits per heavy atom. The van der Waals surface area contributed by atoms with Gasteiger partial charge >= 0.3 is 0 Å². The van der Waals surface area contributed by atoms with E-state index in [2.05, 4.69) is 41.3 Å². The quantitative estimate of drug-likeness (QED) is 0.403. The first-order valence-corrected chi connectivity index (χ1v) is 8.68. The van der Waals surface area contributed by atoms with Crippen molar-refractivity contribution in [1.82, 2.24) is 15.5 Å². The predicted molar refractivity (Wildman–Crippen MR) is 106 cm³/mol. The Bertz CT molecular complexity index is 452. The first-order valence-electron chi connectivity index (χ1n) is 8.68. The van der Waals surface area contributed by atoms with Crippen molar-refractivity contribution in [2.45, 2.75) is 70.2 Å². The fraction of sp³-hybridized carbons (Fsp3) is 0.941. The Morgan fingerprint density at radius 3 is 2.39 bits per heavy atom. The summed E-state index contributed by atoms with van der Waals surface area (Å²) in [5, 5.41) is 7.23. The molecule has 0 aromatic carbocycles. The van der Waals surface area contributed by atoms with E-state index < -0.39 is 0 Å². The van der Waals surface area contributed by atoms with Gasteiger partial charge in [-0.15, -0.1) is 24.0 Å². The highest BCUT2D eigenvalue weighted by molar-refractivity contribution is 14.0. The van der Waals surface area contributed by atoms with Crippen LogP contribution in [-0.2, 0) is 4.74 Å². The van der Waals surface area contributed by atoms with E-state index in [1.54, 1.807) is 0 Å². The van der Waals surface area contributed by atoms with Gasteiger partial charge in [-0.1, -0.05) is 13.8 Å². The van der Waals surface area contributed by atoms with Crippen LogP contribution in [0.3, 0.4) is 0 Å². The molecule has 2 N–H and O–H groups in total. The summed E-state index contributed by atoms with van der Waals surface area (Å²) in [5.74, 6) is 0.943. The zero-order valence-electron chi connectivity index (χ0n) is 15.2.